The van der Waals surface area contributed by atoms with Crippen molar-refractivity contribution >= 4 is 60.8 Å². The van der Waals surface area contributed by atoms with Crippen molar-refractivity contribution in [3.8, 4) is 17.6 Å². The number of carboxylic acid groups (broad SMARTS) is 1. The van der Waals surface area contributed by atoms with E-state index in [-0.39, 0.29) is 18.1 Å². The van der Waals surface area contributed by atoms with Gasteiger partial charge in [-0.25, -0.2) is 19.2 Å². The van der Waals surface area contributed by atoms with E-state index < -0.39 is 11.8 Å². The molecule has 0 saturated heterocycles. The molecule has 0 unspecified atom stereocenters. The zero-order chi connectivity index (χ0) is 30.3. The number of nitrogens with one attached hydrogen (secondary N) is 2. The number of fused-ring (bicyclic) bond motifs is 1. The second kappa shape index (κ2) is 13.6. The molecule has 13 heteroatoms. The topological polar surface area (TPSA) is 125 Å². The maximum atomic E-state index is 14.4. The lowest BCUT2D eigenvalue weighted by molar-refractivity contribution is 0.0690. The Morgan fingerprint density at radius 2 is 1.98 bits per heavy atom. The molecule has 0 atom stereocenters. The smallest absolute Gasteiger partial charge is 0.355 e. The third-order valence-electron chi connectivity index (χ3n) is 6.25. The van der Waals surface area contributed by atoms with Gasteiger partial charge in [-0.1, -0.05) is 35.3 Å². The molecule has 3 heterocycles. The van der Waals surface area contributed by atoms with Gasteiger partial charge in [0.25, 0.3) is 0 Å². The number of hydrogen-bond donors (Lipinski definition) is 3. The number of ether oxygens (including phenoxy) is 1. The van der Waals surface area contributed by atoms with Crippen LogP contribution in [0.25, 0.3) is 10.2 Å². The largest absolute Gasteiger partial charge is 0.491 e. The number of nitrogens with zero attached hydrogens (tertiary/aromatic N) is 5. The van der Waals surface area contributed by atoms with Crippen LogP contribution in [0.5, 0.6) is 5.75 Å². The molecule has 0 bridgehead atoms. The molecule has 0 aliphatic rings. The number of aryl methyl sites for hydroxylation is 2. The van der Waals surface area contributed by atoms with Crippen LogP contribution in [0.1, 0.15) is 32.9 Å². The van der Waals surface area contributed by atoms with Gasteiger partial charge in [0, 0.05) is 17.5 Å². The van der Waals surface area contributed by atoms with Crippen molar-refractivity contribution in [2.45, 2.75) is 19.8 Å². The summed E-state index contributed by atoms with van der Waals surface area (Å²) in [4.78, 5) is 23.2. The predicted octanol–water partition coefficient (Wildman–Crippen LogP) is 5.78. The van der Waals surface area contributed by atoms with E-state index in [1.165, 1.54) is 28.7 Å². The van der Waals surface area contributed by atoms with Crippen LogP contribution in [0.3, 0.4) is 0 Å². The molecule has 3 N–H and O–H groups in total. The van der Waals surface area contributed by atoms with E-state index in [2.05, 4.69) is 42.6 Å². The number of aromatic carboxylic acids is 1. The Bertz CT molecular complexity index is 1800. The van der Waals surface area contributed by atoms with Gasteiger partial charge in [-0.05, 0) is 68.8 Å². The number of rotatable bonds is 11. The first-order chi connectivity index (χ1) is 20.8. The molecule has 0 spiro atoms. The number of benzene rings is 2. The van der Waals surface area contributed by atoms with Crippen molar-refractivity contribution in [3.05, 3.63) is 76.0 Å². The number of thiazole rings is 2. The molecule has 5 rings (SSSR count). The molecule has 0 fully saturated rings. The molecule has 0 amide bonds. The zero-order valence-electron chi connectivity index (χ0n) is 23.6. The summed E-state index contributed by atoms with van der Waals surface area (Å²) in [6.45, 7) is 2.62. The third-order valence-corrected chi connectivity index (χ3v) is 8.39. The van der Waals surface area contributed by atoms with E-state index in [0.717, 1.165) is 15.8 Å². The Hall–Kier alpha value is -4.64. The molecule has 10 nitrogen and oxygen atoms in total. The fourth-order valence-corrected chi connectivity index (χ4v) is 5.98. The first-order valence-electron chi connectivity index (χ1n) is 13.3. The monoisotopic (exact) mass is 617 g/mol. The highest BCUT2D eigenvalue weighted by Crippen LogP contribution is 2.33. The maximum Gasteiger partial charge on any atom is 0.355 e. The van der Waals surface area contributed by atoms with Gasteiger partial charge < -0.3 is 25.4 Å². The number of hydrogen-bond acceptors (Lipinski definition) is 11. The second-order valence-electron chi connectivity index (χ2n) is 9.41. The normalized spacial score (nSPS) is 10.8. The van der Waals surface area contributed by atoms with Gasteiger partial charge in [0.15, 0.2) is 39.2 Å². The number of para-hydroxylation sites is 1. The quantitative estimate of drug-likeness (QED) is 0.124. The number of halogens is 1. The Morgan fingerprint density at radius 3 is 2.72 bits per heavy atom. The Kier molecular flexibility index (Phi) is 9.41. The van der Waals surface area contributed by atoms with Crippen LogP contribution in [-0.2, 0) is 6.42 Å². The minimum Gasteiger partial charge on any atom is -0.491 e. The van der Waals surface area contributed by atoms with Gasteiger partial charge >= 0.3 is 5.97 Å². The van der Waals surface area contributed by atoms with Gasteiger partial charge in [-0.2, -0.15) is 0 Å². The van der Waals surface area contributed by atoms with E-state index in [0.29, 0.717) is 51.7 Å². The fraction of sp³-hybridized carbons (Fsp3) is 0.233. The van der Waals surface area contributed by atoms with Crippen molar-refractivity contribution in [1.82, 2.24) is 25.5 Å². The predicted molar refractivity (Wildman–Crippen MR) is 168 cm³/mol. The van der Waals surface area contributed by atoms with E-state index in [1.54, 1.807) is 31.1 Å². The summed E-state index contributed by atoms with van der Waals surface area (Å²) in [5, 5.41) is 25.8. The van der Waals surface area contributed by atoms with Crippen LogP contribution in [0, 0.1) is 24.6 Å². The van der Waals surface area contributed by atoms with Gasteiger partial charge in [0.2, 0.25) is 0 Å². The molecule has 43 heavy (non-hydrogen) atoms. The average molecular weight is 618 g/mol. The highest BCUT2D eigenvalue weighted by atomic mass is 32.1. The molecule has 0 radical (unpaired) electrons. The molecule has 0 aliphatic heterocycles. The van der Waals surface area contributed by atoms with Crippen molar-refractivity contribution in [3.63, 3.8) is 0 Å². The minimum atomic E-state index is -1.12. The third kappa shape index (κ3) is 7.23. The van der Waals surface area contributed by atoms with Crippen LogP contribution < -0.4 is 20.3 Å². The van der Waals surface area contributed by atoms with Gasteiger partial charge in [-0.15, -0.1) is 21.5 Å². The first-order valence-corrected chi connectivity index (χ1v) is 14.9. The van der Waals surface area contributed by atoms with Crippen LogP contribution in [0.15, 0.2) is 48.5 Å². The van der Waals surface area contributed by atoms with Gasteiger partial charge in [-0.3, -0.25) is 0 Å². The van der Waals surface area contributed by atoms with Crippen molar-refractivity contribution < 1.29 is 19.0 Å². The van der Waals surface area contributed by atoms with Gasteiger partial charge in [0.05, 0.1) is 23.4 Å². The van der Waals surface area contributed by atoms with Gasteiger partial charge in [0.1, 0.15) is 0 Å². The first kappa shape index (κ1) is 29.8. The summed E-state index contributed by atoms with van der Waals surface area (Å²) in [5.41, 5.74) is 2.28. The summed E-state index contributed by atoms with van der Waals surface area (Å²) in [7, 11) is 3.55. The average Bonchev–Trinajstić information content (AvgIpc) is 3.61. The van der Waals surface area contributed by atoms with E-state index in [9.17, 15) is 14.3 Å². The zero-order valence-corrected chi connectivity index (χ0v) is 25.3. The van der Waals surface area contributed by atoms with E-state index >= 15 is 0 Å². The lowest BCUT2D eigenvalue weighted by atomic mass is 10.2. The van der Waals surface area contributed by atoms with Crippen LogP contribution in [0.4, 0.5) is 26.3 Å². The lowest BCUT2D eigenvalue weighted by Crippen LogP contribution is -2.13. The number of carbonyl (C=O) groups is 1. The summed E-state index contributed by atoms with van der Waals surface area (Å²) in [6, 6.07) is 14.3. The van der Waals surface area contributed by atoms with Crippen molar-refractivity contribution in [2.75, 3.05) is 37.5 Å². The molecule has 0 aliphatic carbocycles. The molecule has 3 aromatic heterocycles. The molecule has 5 aromatic rings. The summed E-state index contributed by atoms with van der Waals surface area (Å²) in [6.07, 6.45) is 0.873. The summed E-state index contributed by atoms with van der Waals surface area (Å²) >= 11 is 2.79. The molecule has 2 aromatic carbocycles. The number of anilines is 4. The molecular formula is C30H28FN7O3S2. The Balaban J connectivity index is 1.22. The van der Waals surface area contributed by atoms with Crippen LogP contribution >= 0.6 is 22.7 Å². The molecular weight excluding hydrogens is 590 g/mol. The molecule has 0 saturated carbocycles. The fourth-order valence-electron chi connectivity index (χ4n) is 4.05. The number of carboxylic acids is 1. The Labute approximate surface area is 255 Å². The van der Waals surface area contributed by atoms with Crippen molar-refractivity contribution in [1.29, 1.82) is 0 Å². The summed E-state index contributed by atoms with van der Waals surface area (Å²) in [5.74, 6) is 5.36. The van der Waals surface area contributed by atoms with E-state index in [1.807, 2.05) is 37.3 Å². The maximum absolute atomic E-state index is 14.4. The second-order valence-corrected chi connectivity index (χ2v) is 11.5. The highest BCUT2D eigenvalue weighted by Gasteiger charge is 2.21. The molecule has 220 valence electrons. The SMILES string of the molecule is CNCC#Cc1ccc(OCCCc2sc(N(C)c3cc(C)c(Nc4nc5ccccc5s4)nn3)nc2C(=O)O)c(F)c1. The minimum absolute atomic E-state index is 0.0265. The van der Waals surface area contributed by atoms with Crippen LogP contribution in [0.2, 0.25) is 0 Å². The Morgan fingerprint density at radius 1 is 1.14 bits per heavy atom. The standard InChI is InChI=1S/C30H28FN7O3S2/c1-18-16-25(36-37-27(18)35-29-33-21-9-4-5-10-23(21)42-29)38(3)30-34-26(28(39)40)24(43-30)11-7-15-41-22-13-12-19(17-20(22)31)8-6-14-32-2/h4-5,9-10,12-13,16-17,32H,7,11,14-15H2,1-3H3,(H,39,40)(H,33,35,37). The van der Waals surface area contributed by atoms with Crippen LogP contribution in [-0.4, -0.2) is 58.5 Å². The lowest BCUT2D eigenvalue weighted by Gasteiger charge is -2.15. The highest BCUT2D eigenvalue weighted by molar-refractivity contribution is 7.22. The summed E-state index contributed by atoms with van der Waals surface area (Å²) < 4.78 is 21.1. The van der Waals surface area contributed by atoms with Crippen molar-refractivity contribution in [2.24, 2.45) is 0 Å². The van der Waals surface area contributed by atoms with E-state index in [4.69, 9.17) is 4.74 Å². The number of aromatic nitrogens is 4.